The Kier molecular flexibility index (Phi) is 5.51. The van der Waals surface area contributed by atoms with Gasteiger partial charge in [0.05, 0.1) is 0 Å². The van der Waals surface area contributed by atoms with Crippen molar-refractivity contribution in [2.24, 2.45) is 0 Å². The van der Waals surface area contributed by atoms with Gasteiger partial charge in [-0.2, -0.15) is 4.31 Å². The molecule has 1 aliphatic rings. The van der Waals surface area contributed by atoms with Gasteiger partial charge in [0.1, 0.15) is 10.7 Å². The second kappa shape index (κ2) is 7.64. The van der Waals surface area contributed by atoms with Crippen LogP contribution in [0.3, 0.4) is 0 Å². The Morgan fingerprint density at radius 3 is 2.44 bits per heavy atom. The molecule has 4 nitrogen and oxygen atoms in total. The van der Waals surface area contributed by atoms with Crippen molar-refractivity contribution in [3.63, 3.8) is 0 Å². The maximum atomic E-state index is 13.9. The summed E-state index contributed by atoms with van der Waals surface area (Å²) in [6.07, 6.45) is 0.736. The predicted octanol–water partition coefficient (Wildman–Crippen LogP) is 3.03. The summed E-state index contributed by atoms with van der Waals surface area (Å²) in [4.78, 5) is 2.03. The van der Waals surface area contributed by atoms with Crippen molar-refractivity contribution in [3.8, 4) is 0 Å². The van der Waals surface area contributed by atoms with Crippen LogP contribution in [-0.2, 0) is 16.6 Å². The largest absolute Gasteiger partial charge is 0.298 e. The van der Waals surface area contributed by atoms with E-state index in [2.05, 4.69) is 24.0 Å². The second-order valence-electron chi connectivity index (χ2n) is 6.39. The number of rotatable bonds is 4. The molecule has 0 amide bonds. The molecule has 0 aliphatic carbocycles. The lowest BCUT2D eigenvalue weighted by atomic mass is 10.1. The number of nitrogens with zero attached hydrogens (tertiary/aromatic N) is 2. The van der Waals surface area contributed by atoms with Gasteiger partial charge in [0.2, 0.25) is 10.0 Å². The molecular weight excluding hydrogens is 339 g/mol. The zero-order chi connectivity index (χ0) is 17.9. The third-order valence-corrected chi connectivity index (χ3v) is 6.59. The summed E-state index contributed by atoms with van der Waals surface area (Å²) in [7, 11) is -3.79. The lowest BCUT2D eigenvalue weighted by molar-refractivity contribution is 0.278. The Bertz CT molecular complexity index is 839. The SMILES string of the molecule is Cc1ccccc1CN1CCCN(S(=O)(=O)c2ccccc2F)CC1. The van der Waals surface area contributed by atoms with E-state index in [1.807, 2.05) is 12.1 Å². The van der Waals surface area contributed by atoms with Crippen LogP contribution in [0.2, 0.25) is 0 Å². The summed E-state index contributed by atoms with van der Waals surface area (Å²) in [6, 6.07) is 13.8. The first-order valence-corrected chi connectivity index (χ1v) is 9.94. The summed E-state index contributed by atoms with van der Waals surface area (Å²) < 4.78 is 40.8. The first-order chi connectivity index (χ1) is 12.0. The summed E-state index contributed by atoms with van der Waals surface area (Å²) in [6.45, 7) is 5.16. The van der Waals surface area contributed by atoms with Crippen LogP contribution in [0.4, 0.5) is 4.39 Å². The van der Waals surface area contributed by atoms with Crippen molar-refractivity contribution in [1.82, 2.24) is 9.21 Å². The van der Waals surface area contributed by atoms with E-state index < -0.39 is 15.8 Å². The molecule has 0 bridgehead atoms. The van der Waals surface area contributed by atoms with Crippen LogP contribution in [0.25, 0.3) is 0 Å². The summed E-state index contributed by atoms with van der Waals surface area (Å²) in [5.74, 6) is -0.691. The van der Waals surface area contributed by atoms with Crippen LogP contribution in [-0.4, -0.2) is 43.8 Å². The van der Waals surface area contributed by atoms with Gasteiger partial charge in [-0.25, -0.2) is 12.8 Å². The van der Waals surface area contributed by atoms with Crippen LogP contribution >= 0.6 is 0 Å². The highest BCUT2D eigenvalue weighted by Gasteiger charge is 2.29. The molecule has 0 N–H and O–H groups in total. The first-order valence-electron chi connectivity index (χ1n) is 8.50. The highest BCUT2D eigenvalue weighted by molar-refractivity contribution is 7.89. The molecule has 0 unspecified atom stereocenters. The van der Waals surface area contributed by atoms with Crippen molar-refractivity contribution < 1.29 is 12.8 Å². The van der Waals surface area contributed by atoms with Crippen molar-refractivity contribution in [1.29, 1.82) is 0 Å². The Hall–Kier alpha value is -1.76. The number of halogens is 1. The van der Waals surface area contributed by atoms with E-state index in [1.165, 1.54) is 33.6 Å². The van der Waals surface area contributed by atoms with Crippen molar-refractivity contribution >= 4 is 10.0 Å². The van der Waals surface area contributed by atoms with E-state index >= 15 is 0 Å². The van der Waals surface area contributed by atoms with Gasteiger partial charge in [0.25, 0.3) is 0 Å². The Balaban J connectivity index is 1.71. The van der Waals surface area contributed by atoms with Gasteiger partial charge in [-0.3, -0.25) is 4.90 Å². The molecule has 2 aromatic rings. The van der Waals surface area contributed by atoms with E-state index in [-0.39, 0.29) is 4.90 Å². The van der Waals surface area contributed by atoms with E-state index in [4.69, 9.17) is 0 Å². The molecule has 134 valence electrons. The molecule has 25 heavy (non-hydrogen) atoms. The minimum Gasteiger partial charge on any atom is -0.298 e. The summed E-state index contributed by atoms with van der Waals surface area (Å²) in [5.41, 5.74) is 2.50. The Labute approximate surface area is 148 Å². The van der Waals surface area contributed by atoms with Gasteiger partial charge >= 0.3 is 0 Å². The molecule has 2 aromatic carbocycles. The topological polar surface area (TPSA) is 40.6 Å². The normalized spacial score (nSPS) is 17.4. The van der Waals surface area contributed by atoms with Crippen LogP contribution in [0.5, 0.6) is 0 Å². The third kappa shape index (κ3) is 4.08. The number of aryl methyl sites for hydroxylation is 1. The molecule has 6 heteroatoms. The Morgan fingerprint density at radius 2 is 1.68 bits per heavy atom. The molecule has 0 saturated carbocycles. The predicted molar refractivity (Wildman–Crippen MR) is 96.2 cm³/mol. The quantitative estimate of drug-likeness (QED) is 0.839. The highest BCUT2D eigenvalue weighted by Crippen LogP contribution is 2.21. The average molecular weight is 362 g/mol. The van der Waals surface area contributed by atoms with Gasteiger partial charge in [0, 0.05) is 26.2 Å². The fraction of sp³-hybridized carbons (Fsp3) is 0.368. The molecular formula is C19H23FN2O2S. The van der Waals surface area contributed by atoms with Crippen LogP contribution in [0.15, 0.2) is 53.4 Å². The minimum atomic E-state index is -3.79. The number of benzene rings is 2. The van der Waals surface area contributed by atoms with Gasteiger partial charge in [-0.15, -0.1) is 0 Å². The van der Waals surface area contributed by atoms with Crippen LogP contribution in [0.1, 0.15) is 17.5 Å². The molecule has 0 spiro atoms. The fourth-order valence-electron chi connectivity index (χ4n) is 3.17. The van der Waals surface area contributed by atoms with E-state index in [9.17, 15) is 12.8 Å². The average Bonchev–Trinajstić information content (AvgIpc) is 2.83. The van der Waals surface area contributed by atoms with Crippen molar-refractivity contribution in [3.05, 3.63) is 65.5 Å². The zero-order valence-electron chi connectivity index (χ0n) is 14.4. The fourth-order valence-corrected chi connectivity index (χ4v) is 4.70. The Morgan fingerprint density at radius 1 is 0.960 bits per heavy atom. The van der Waals surface area contributed by atoms with Crippen molar-refractivity contribution in [2.45, 2.75) is 24.8 Å². The smallest absolute Gasteiger partial charge is 0.246 e. The molecule has 0 atom stereocenters. The number of sulfonamides is 1. The van der Waals surface area contributed by atoms with E-state index in [1.54, 1.807) is 6.07 Å². The monoisotopic (exact) mass is 362 g/mol. The lowest BCUT2D eigenvalue weighted by Gasteiger charge is -2.22. The van der Waals surface area contributed by atoms with Gasteiger partial charge in [-0.05, 0) is 43.1 Å². The number of hydrogen-bond donors (Lipinski definition) is 0. The lowest BCUT2D eigenvalue weighted by Crippen LogP contribution is -2.35. The molecule has 0 aromatic heterocycles. The maximum absolute atomic E-state index is 13.9. The molecule has 0 radical (unpaired) electrons. The van der Waals surface area contributed by atoms with Gasteiger partial charge < -0.3 is 0 Å². The third-order valence-electron chi connectivity index (χ3n) is 4.66. The summed E-state index contributed by atoms with van der Waals surface area (Å²) >= 11 is 0. The molecule has 3 rings (SSSR count). The molecule has 1 heterocycles. The molecule has 1 aliphatic heterocycles. The second-order valence-corrected chi connectivity index (χ2v) is 8.30. The van der Waals surface area contributed by atoms with E-state index in [0.29, 0.717) is 19.6 Å². The van der Waals surface area contributed by atoms with Gasteiger partial charge in [0.15, 0.2) is 0 Å². The first kappa shape index (κ1) is 18.0. The highest BCUT2D eigenvalue weighted by atomic mass is 32.2. The zero-order valence-corrected chi connectivity index (χ0v) is 15.2. The van der Waals surface area contributed by atoms with Crippen LogP contribution in [0, 0.1) is 12.7 Å². The van der Waals surface area contributed by atoms with Gasteiger partial charge in [-0.1, -0.05) is 36.4 Å². The summed E-state index contributed by atoms with van der Waals surface area (Å²) in [5, 5.41) is 0. The van der Waals surface area contributed by atoms with E-state index in [0.717, 1.165) is 19.5 Å². The van der Waals surface area contributed by atoms with Crippen molar-refractivity contribution in [2.75, 3.05) is 26.2 Å². The standard InChI is InChI=1S/C19H23FN2O2S/c1-16-7-2-3-8-17(16)15-21-11-6-12-22(14-13-21)25(23,24)19-10-5-4-9-18(19)20/h2-5,7-10H,6,11-15H2,1H3. The minimum absolute atomic E-state index is 0.234. The number of hydrogen-bond acceptors (Lipinski definition) is 3. The molecule has 1 fully saturated rings. The van der Waals surface area contributed by atoms with Crippen LogP contribution < -0.4 is 0 Å². The maximum Gasteiger partial charge on any atom is 0.246 e. The molecule has 1 saturated heterocycles.